The maximum Gasteiger partial charge on any atom is 0.255 e. The smallest absolute Gasteiger partial charge is 0.255 e. The average molecular weight is 375 g/mol. The summed E-state index contributed by atoms with van der Waals surface area (Å²) < 4.78 is 28.7. The molecular formula is C12H7BrClF2N5. The van der Waals surface area contributed by atoms with E-state index in [-0.39, 0.29) is 21.1 Å². The molecule has 3 rings (SSSR count). The zero-order valence-corrected chi connectivity index (χ0v) is 12.9. The van der Waals surface area contributed by atoms with Crippen LogP contribution in [0.5, 0.6) is 0 Å². The Hall–Kier alpha value is -1.80. The first-order valence-electron chi connectivity index (χ1n) is 5.75. The van der Waals surface area contributed by atoms with Crippen LogP contribution < -0.4 is 5.32 Å². The van der Waals surface area contributed by atoms with Crippen LogP contribution in [0.3, 0.4) is 0 Å². The summed E-state index contributed by atoms with van der Waals surface area (Å²) in [4.78, 5) is 7.97. The highest BCUT2D eigenvalue weighted by Crippen LogP contribution is 2.29. The highest BCUT2D eigenvalue weighted by Gasteiger charge is 2.15. The van der Waals surface area contributed by atoms with E-state index >= 15 is 0 Å². The van der Waals surface area contributed by atoms with Gasteiger partial charge in [0.2, 0.25) is 0 Å². The molecule has 2 aromatic heterocycles. The molecule has 0 saturated carbocycles. The normalized spacial score (nSPS) is 11.1. The summed E-state index contributed by atoms with van der Waals surface area (Å²) in [7, 11) is 0. The van der Waals surface area contributed by atoms with Crippen molar-refractivity contribution in [2.45, 2.75) is 6.92 Å². The van der Waals surface area contributed by atoms with E-state index in [4.69, 9.17) is 11.6 Å². The van der Waals surface area contributed by atoms with Crippen LogP contribution in [-0.4, -0.2) is 19.6 Å². The number of rotatable bonds is 2. The van der Waals surface area contributed by atoms with Crippen LogP contribution in [0.15, 0.2) is 22.9 Å². The summed E-state index contributed by atoms with van der Waals surface area (Å²) in [6, 6.07) is 2.07. The van der Waals surface area contributed by atoms with E-state index in [2.05, 4.69) is 36.3 Å². The quantitative estimate of drug-likeness (QED) is 0.546. The van der Waals surface area contributed by atoms with Gasteiger partial charge < -0.3 is 5.32 Å². The summed E-state index contributed by atoms with van der Waals surface area (Å²) in [6.45, 7) is 1.70. The number of aromatic nitrogens is 4. The minimum absolute atomic E-state index is 0.0745. The lowest BCUT2D eigenvalue weighted by molar-refractivity contribution is 0.581. The van der Waals surface area contributed by atoms with Crippen LogP contribution in [0.2, 0.25) is 5.15 Å². The minimum Gasteiger partial charge on any atom is -0.337 e. The number of hydrogen-bond donors (Lipinski definition) is 1. The fraction of sp³-hybridized carbons (Fsp3) is 0.0833. The second-order valence-electron chi connectivity index (χ2n) is 4.22. The van der Waals surface area contributed by atoms with Crippen molar-refractivity contribution in [2.24, 2.45) is 0 Å². The van der Waals surface area contributed by atoms with E-state index in [0.717, 1.165) is 6.07 Å². The first-order valence-corrected chi connectivity index (χ1v) is 6.92. The molecule has 0 unspecified atom stereocenters. The van der Waals surface area contributed by atoms with Gasteiger partial charge in [0.1, 0.15) is 28.9 Å². The number of nitrogens with one attached hydrogen (secondary N) is 1. The van der Waals surface area contributed by atoms with Gasteiger partial charge in [-0.15, -0.1) is 0 Å². The van der Waals surface area contributed by atoms with Gasteiger partial charge in [-0.05, 0) is 28.9 Å². The lowest BCUT2D eigenvalue weighted by atomic mass is 10.2. The largest absolute Gasteiger partial charge is 0.337 e. The summed E-state index contributed by atoms with van der Waals surface area (Å²) in [6.07, 6.45) is 1.31. The monoisotopic (exact) mass is 373 g/mol. The standard InChI is InChI=1S/C12H7BrClF2N5/c1-5-10(14)20-12-17-4-18-21(12)11(5)19-9-2-6(13)7(15)3-8(9)16/h2-4,19H,1H3. The van der Waals surface area contributed by atoms with Gasteiger partial charge in [0.25, 0.3) is 5.78 Å². The van der Waals surface area contributed by atoms with E-state index in [9.17, 15) is 8.78 Å². The summed E-state index contributed by atoms with van der Waals surface area (Å²) >= 11 is 9.03. The lowest BCUT2D eigenvalue weighted by Crippen LogP contribution is -2.06. The van der Waals surface area contributed by atoms with Crippen LogP contribution in [0.25, 0.3) is 5.78 Å². The molecule has 0 spiro atoms. The third kappa shape index (κ3) is 2.44. The van der Waals surface area contributed by atoms with Crippen molar-refractivity contribution in [3.8, 4) is 0 Å². The van der Waals surface area contributed by atoms with Gasteiger partial charge in [-0.1, -0.05) is 11.6 Å². The van der Waals surface area contributed by atoms with Crippen LogP contribution in [0.4, 0.5) is 20.3 Å². The molecule has 0 radical (unpaired) electrons. The van der Waals surface area contributed by atoms with Crippen molar-refractivity contribution in [1.29, 1.82) is 0 Å². The fourth-order valence-corrected chi connectivity index (χ4v) is 2.30. The Balaban J connectivity index is 2.16. The van der Waals surface area contributed by atoms with E-state index in [0.29, 0.717) is 11.4 Å². The van der Waals surface area contributed by atoms with Gasteiger partial charge in [-0.25, -0.2) is 8.78 Å². The average Bonchev–Trinajstić information content (AvgIpc) is 2.88. The van der Waals surface area contributed by atoms with E-state index in [1.54, 1.807) is 6.92 Å². The predicted octanol–water partition coefficient (Wildman–Crippen LogP) is 3.87. The second kappa shape index (κ2) is 5.19. The van der Waals surface area contributed by atoms with Crippen molar-refractivity contribution in [2.75, 3.05) is 5.32 Å². The molecule has 0 aliphatic heterocycles. The van der Waals surface area contributed by atoms with Gasteiger partial charge in [0.15, 0.2) is 0 Å². The molecule has 108 valence electrons. The van der Waals surface area contributed by atoms with Crippen LogP contribution in [-0.2, 0) is 0 Å². The molecule has 21 heavy (non-hydrogen) atoms. The van der Waals surface area contributed by atoms with Crippen LogP contribution in [0, 0.1) is 18.6 Å². The number of anilines is 2. The number of hydrogen-bond acceptors (Lipinski definition) is 4. The third-order valence-corrected chi connectivity index (χ3v) is 3.84. The molecule has 2 heterocycles. The Labute approximate surface area is 131 Å². The number of benzene rings is 1. The zero-order chi connectivity index (χ0) is 15.1. The number of nitrogens with zero attached hydrogens (tertiary/aromatic N) is 4. The van der Waals surface area contributed by atoms with Gasteiger partial charge in [0.05, 0.1) is 10.2 Å². The van der Waals surface area contributed by atoms with E-state index < -0.39 is 11.6 Å². The van der Waals surface area contributed by atoms with Crippen molar-refractivity contribution >= 4 is 44.8 Å². The first-order chi connectivity index (χ1) is 9.97. The predicted molar refractivity (Wildman–Crippen MR) is 77.9 cm³/mol. The van der Waals surface area contributed by atoms with Crippen molar-refractivity contribution in [3.05, 3.63) is 45.3 Å². The zero-order valence-electron chi connectivity index (χ0n) is 10.5. The lowest BCUT2D eigenvalue weighted by Gasteiger charge is -2.13. The van der Waals surface area contributed by atoms with Crippen LogP contribution in [0.1, 0.15) is 5.56 Å². The van der Waals surface area contributed by atoms with Gasteiger partial charge in [-0.2, -0.15) is 19.6 Å². The Morgan fingerprint density at radius 3 is 2.81 bits per heavy atom. The van der Waals surface area contributed by atoms with Crippen LogP contribution >= 0.6 is 27.5 Å². The summed E-state index contributed by atoms with van der Waals surface area (Å²) in [5, 5.41) is 7.06. The van der Waals surface area contributed by atoms with Gasteiger partial charge in [0, 0.05) is 11.6 Å². The highest BCUT2D eigenvalue weighted by molar-refractivity contribution is 9.10. The fourth-order valence-electron chi connectivity index (χ4n) is 1.79. The molecule has 0 fully saturated rings. The molecule has 1 aromatic carbocycles. The molecule has 0 saturated heterocycles. The Morgan fingerprint density at radius 1 is 1.29 bits per heavy atom. The molecular weight excluding hydrogens is 368 g/mol. The SMILES string of the molecule is Cc1c(Cl)nc2ncnn2c1Nc1cc(Br)c(F)cc1F. The molecule has 1 N–H and O–H groups in total. The van der Waals surface area contributed by atoms with Gasteiger partial charge >= 0.3 is 0 Å². The molecule has 0 bridgehead atoms. The number of fused-ring (bicyclic) bond motifs is 1. The topological polar surface area (TPSA) is 55.1 Å². The minimum atomic E-state index is -0.740. The highest BCUT2D eigenvalue weighted by atomic mass is 79.9. The Kier molecular flexibility index (Phi) is 3.50. The van der Waals surface area contributed by atoms with Crippen molar-refractivity contribution in [3.63, 3.8) is 0 Å². The molecule has 0 amide bonds. The Bertz CT molecular complexity index is 851. The van der Waals surface area contributed by atoms with E-state index in [1.165, 1.54) is 16.9 Å². The molecule has 0 aliphatic rings. The molecule has 9 heteroatoms. The maximum absolute atomic E-state index is 13.9. The molecule has 0 atom stereocenters. The van der Waals surface area contributed by atoms with Crippen molar-refractivity contribution in [1.82, 2.24) is 19.6 Å². The first kappa shape index (κ1) is 14.2. The van der Waals surface area contributed by atoms with Gasteiger partial charge in [-0.3, -0.25) is 0 Å². The van der Waals surface area contributed by atoms with Crippen molar-refractivity contribution < 1.29 is 8.78 Å². The Morgan fingerprint density at radius 2 is 2.05 bits per heavy atom. The summed E-state index contributed by atoms with van der Waals surface area (Å²) in [5.74, 6) is -0.751. The molecule has 0 aliphatic carbocycles. The third-order valence-electron chi connectivity index (χ3n) is 2.87. The second-order valence-corrected chi connectivity index (χ2v) is 5.43. The molecule has 5 nitrogen and oxygen atoms in total. The maximum atomic E-state index is 13.9. The summed E-state index contributed by atoms with van der Waals surface area (Å²) in [5.41, 5.74) is 0.639. The van der Waals surface area contributed by atoms with E-state index in [1.807, 2.05) is 0 Å². The molecule has 3 aromatic rings. The number of halogens is 4.